The average molecular weight is 439 g/mol. The summed E-state index contributed by atoms with van der Waals surface area (Å²) in [5.41, 5.74) is 2.71. The summed E-state index contributed by atoms with van der Waals surface area (Å²) in [6, 6.07) is 16.8. The van der Waals surface area contributed by atoms with Crippen LogP contribution in [0.25, 0.3) is 0 Å². The summed E-state index contributed by atoms with van der Waals surface area (Å²) >= 11 is -2.09. The zero-order valence-electron chi connectivity index (χ0n) is 17.4. The van der Waals surface area contributed by atoms with Crippen molar-refractivity contribution in [2.75, 3.05) is 43.9 Å². The van der Waals surface area contributed by atoms with Crippen molar-refractivity contribution in [2.24, 2.45) is 0 Å². The van der Waals surface area contributed by atoms with E-state index < -0.39 is 11.1 Å². The minimum atomic E-state index is -2.09. The Bertz CT molecular complexity index is 1040. The Labute approximate surface area is 184 Å². The van der Waals surface area contributed by atoms with E-state index in [1.165, 1.54) is 5.56 Å². The summed E-state index contributed by atoms with van der Waals surface area (Å²) in [6.45, 7) is 5.37. The molecule has 0 amide bonds. The first-order chi connectivity index (χ1) is 15.1. The molecule has 1 unspecified atom stereocenters. The molecule has 4 rings (SSSR count). The quantitative estimate of drug-likeness (QED) is 0.484. The summed E-state index contributed by atoms with van der Waals surface area (Å²) in [5.74, 6) is 0.974. The number of aromatic nitrogens is 2. The number of hydrogen-bond donors (Lipinski definition) is 3. The van der Waals surface area contributed by atoms with Gasteiger partial charge in [-0.3, -0.25) is 4.90 Å². The fourth-order valence-corrected chi connectivity index (χ4v) is 3.94. The number of hydrogen-bond acceptors (Lipinski definition) is 7. The molecule has 1 saturated heterocycles. The number of anilines is 4. The number of rotatable bonds is 7. The van der Waals surface area contributed by atoms with Crippen LogP contribution in [0.5, 0.6) is 0 Å². The second-order valence-electron chi connectivity index (χ2n) is 7.54. The highest BCUT2D eigenvalue weighted by Crippen LogP contribution is 2.23. The van der Waals surface area contributed by atoms with Gasteiger partial charge in [-0.15, -0.1) is 0 Å². The van der Waals surface area contributed by atoms with Gasteiger partial charge in [-0.2, -0.15) is 4.98 Å². The third-order valence-electron chi connectivity index (χ3n) is 5.21. The second kappa shape index (κ2) is 9.97. The standard InChI is InChI=1S/C22H26N6O2S/c1-27-12-14-28(15-13-27)16-17-6-8-18(9-7-17)24-22-23-11-10-21(26-22)25-19-4-2-3-5-20(19)31(29)30/h2-11H,12-16H2,1H3,(H,29,30)(H2,23,24,25,26). The van der Waals surface area contributed by atoms with Gasteiger partial charge < -0.3 is 20.1 Å². The molecule has 2 aromatic carbocycles. The summed E-state index contributed by atoms with van der Waals surface area (Å²) in [7, 11) is 2.16. The molecule has 1 aliphatic heterocycles. The van der Waals surface area contributed by atoms with Crippen molar-refractivity contribution in [3.8, 4) is 0 Å². The molecule has 1 aliphatic rings. The third-order valence-corrected chi connectivity index (χ3v) is 5.94. The van der Waals surface area contributed by atoms with Crippen LogP contribution in [0.1, 0.15) is 5.56 Å². The highest BCUT2D eigenvalue weighted by atomic mass is 32.2. The van der Waals surface area contributed by atoms with Crippen molar-refractivity contribution >= 4 is 34.2 Å². The summed E-state index contributed by atoms with van der Waals surface area (Å²) in [5, 5.41) is 6.30. The lowest BCUT2D eigenvalue weighted by Gasteiger charge is -2.32. The Morgan fingerprint density at radius 1 is 1.00 bits per heavy atom. The van der Waals surface area contributed by atoms with Crippen molar-refractivity contribution in [3.63, 3.8) is 0 Å². The van der Waals surface area contributed by atoms with Crippen molar-refractivity contribution in [3.05, 3.63) is 66.4 Å². The Balaban J connectivity index is 1.39. The number of nitrogens with one attached hydrogen (secondary N) is 2. The zero-order valence-corrected chi connectivity index (χ0v) is 18.2. The molecule has 8 nitrogen and oxygen atoms in total. The molecule has 0 bridgehead atoms. The lowest BCUT2D eigenvalue weighted by atomic mass is 10.2. The molecule has 162 valence electrons. The Morgan fingerprint density at radius 2 is 1.74 bits per heavy atom. The van der Waals surface area contributed by atoms with Crippen molar-refractivity contribution < 1.29 is 8.76 Å². The van der Waals surface area contributed by atoms with Crippen LogP contribution in [0.15, 0.2) is 65.7 Å². The summed E-state index contributed by atoms with van der Waals surface area (Å²) < 4.78 is 21.0. The van der Waals surface area contributed by atoms with E-state index in [0.29, 0.717) is 22.3 Å². The van der Waals surface area contributed by atoms with Crippen molar-refractivity contribution in [1.29, 1.82) is 0 Å². The molecule has 9 heteroatoms. The van der Waals surface area contributed by atoms with Crippen LogP contribution >= 0.6 is 0 Å². The van der Waals surface area contributed by atoms with Crippen molar-refractivity contribution in [2.45, 2.75) is 11.4 Å². The first-order valence-electron chi connectivity index (χ1n) is 10.1. The summed E-state index contributed by atoms with van der Waals surface area (Å²) in [6.07, 6.45) is 1.64. The first-order valence-corrected chi connectivity index (χ1v) is 11.2. The van der Waals surface area contributed by atoms with E-state index in [9.17, 15) is 8.76 Å². The van der Waals surface area contributed by atoms with Gasteiger partial charge in [0, 0.05) is 44.6 Å². The lowest BCUT2D eigenvalue weighted by molar-refractivity contribution is 0.148. The highest BCUT2D eigenvalue weighted by molar-refractivity contribution is 7.79. The molecule has 1 atom stereocenters. The predicted molar refractivity (Wildman–Crippen MR) is 123 cm³/mol. The van der Waals surface area contributed by atoms with Crippen LogP contribution in [0.4, 0.5) is 23.1 Å². The van der Waals surface area contributed by atoms with E-state index in [4.69, 9.17) is 0 Å². The number of piperazine rings is 1. The van der Waals surface area contributed by atoms with Crippen LogP contribution in [0.3, 0.4) is 0 Å². The average Bonchev–Trinajstić information content (AvgIpc) is 2.77. The number of likely N-dealkylation sites (N-methyl/N-ethyl adjacent to an activating group) is 1. The van der Waals surface area contributed by atoms with Gasteiger partial charge in [-0.1, -0.05) is 24.3 Å². The third kappa shape index (κ3) is 5.86. The molecular formula is C22H26N6O2S. The molecule has 0 saturated carbocycles. The van der Waals surface area contributed by atoms with Gasteiger partial charge in [0.15, 0.2) is 11.1 Å². The molecule has 0 spiro atoms. The van der Waals surface area contributed by atoms with Gasteiger partial charge in [0.1, 0.15) is 5.82 Å². The van der Waals surface area contributed by atoms with Crippen LogP contribution in [-0.2, 0) is 17.6 Å². The number of benzene rings is 2. The van der Waals surface area contributed by atoms with E-state index in [-0.39, 0.29) is 0 Å². The highest BCUT2D eigenvalue weighted by Gasteiger charge is 2.14. The van der Waals surface area contributed by atoms with Crippen molar-refractivity contribution in [1.82, 2.24) is 19.8 Å². The van der Waals surface area contributed by atoms with Gasteiger partial charge in [-0.05, 0) is 42.9 Å². The largest absolute Gasteiger partial charge is 0.339 e. The van der Waals surface area contributed by atoms with Gasteiger partial charge in [-0.25, -0.2) is 9.19 Å². The van der Waals surface area contributed by atoms with Crippen LogP contribution in [0, 0.1) is 0 Å². The SMILES string of the molecule is CN1CCN(Cc2ccc(Nc3nccc(Nc4ccccc4S(=O)O)n3)cc2)CC1. The number of nitrogens with zero attached hydrogens (tertiary/aromatic N) is 4. The molecule has 1 aromatic heterocycles. The minimum absolute atomic E-state index is 0.298. The smallest absolute Gasteiger partial charge is 0.229 e. The first kappa shape index (κ1) is 21.4. The fourth-order valence-electron chi connectivity index (χ4n) is 3.44. The van der Waals surface area contributed by atoms with E-state index >= 15 is 0 Å². The molecule has 1 fully saturated rings. The van der Waals surface area contributed by atoms with E-state index in [0.717, 1.165) is 38.4 Å². The van der Waals surface area contributed by atoms with Crippen LogP contribution in [-0.4, -0.2) is 61.8 Å². The maximum Gasteiger partial charge on any atom is 0.229 e. The topological polar surface area (TPSA) is 93.6 Å². The molecule has 0 aliphatic carbocycles. The molecule has 31 heavy (non-hydrogen) atoms. The van der Waals surface area contributed by atoms with Gasteiger partial charge >= 0.3 is 0 Å². The normalized spacial score (nSPS) is 16.1. The Morgan fingerprint density at radius 3 is 2.48 bits per heavy atom. The lowest BCUT2D eigenvalue weighted by Crippen LogP contribution is -2.43. The zero-order chi connectivity index (χ0) is 21.6. The second-order valence-corrected chi connectivity index (χ2v) is 8.48. The Hall–Kier alpha value is -2.85. The maximum atomic E-state index is 11.5. The van der Waals surface area contributed by atoms with Crippen LogP contribution < -0.4 is 10.6 Å². The number of para-hydroxylation sites is 1. The monoisotopic (exact) mass is 438 g/mol. The maximum absolute atomic E-state index is 11.5. The molecule has 0 radical (unpaired) electrons. The molecule has 2 heterocycles. The van der Waals surface area contributed by atoms with E-state index in [1.807, 2.05) is 12.1 Å². The minimum Gasteiger partial charge on any atom is -0.339 e. The van der Waals surface area contributed by atoms with Gasteiger partial charge in [0.05, 0.1) is 10.6 Å². The molecular weight excluding hydrogens is 412 g/mol. The molecule has 3 N–H and O–H groups in total. The van der Waals surface area contributed by atoms with Crippen LogP contribution in [0.2, 0.25) is 0 Å². The van der Waals surface area contributed by atoms with E-state index in [2.05, 4.69) is 49.6 Å². The van der Waals surface area contributed by atoms with Gasteiger partial charge in [0.25, 0.3) is 0 Å². The summed E-state index contributed by atoms with van der Waals surface area (Å²) in [4.78, 5) is 13.9. The predicted octanol–water partition coefficient (Wildman–Crippen LogP) is 3.29. The molecule has 3 aromatic rings. The Kier molecular flexibility index (Phi) is 6.88. The van der Waals surface area contributed by atoms with Gasteiger partial charge in [0.2, 0.25) is 5.95 Å². The van der Waals surface area contributed by atoms with E-state index in [1.54, 1.807) is 36.5 Å². The fraction of sp³-hybridized carbons (Fsp3) is 0.273.